The van der Waals surface area contributed by atoms with E-state index in [2.05, 4.69) is 0 Å². The van der Waals surface area contributed by atoms with E-state index in [-0.39, 0.29) is 5.92 Å². The molecule has 2 aliphatic carbocycles. The zero-order valence-corrected chi connectivity index (χ0v) is 7.62. The molecule has 13 heavy (non-hydrogen) atoms. The predicted octanol–water partition coefficient (Wildman–Crippen LogP) is 1.99. The maximum absolute atomic E-state index is 11.4. The Bertz CT molecular complexity index is 321. The van der Waals surface area contributed by atoms with Crippen molar-refractivity contribution in [1.29, 1.82) is 0 Å². The third kappa shape index (κ3) is 1.44. The summed E-state index contributed by atoms with van der Waals surface area (Å²) in [5.41, 5.74) is 1.22. The van der Waals surface area contributed by atoms with Crippen LogP contribution in [0.3, 0.4) is 0 Å². The summed E-state index contributed by atoms with van der Waals surface area (Å²) in [4.78, 5) is 11.4. The summed E-state index contributed by atoms with van der Waals surface area (Å²) in [5.74, 6) is 1.16. The first-order valence-electron chi connectivity index (χ1n) is 4.47. The van der Waals surface area contributed by atoms with Crippen molar-refractivity contribution in [3.63, 3.8) is 0 Å². The molecular formula is C11H12O2. The molecule has 0 spiro atoms. The van der Waals surface area contributed by atoms with Crippen molar-refractivity contribution in [2.24, 2.45) is 5.92 Å². The molecule has 1 saturated carbocycles. The maximum atomic E-state index is 11.4. The van der Waals surface area contributed by atoms with E-state index in [1.807, 2.05) is 24.3 Å². The number of fused-ring (bicyclic) bond motifs is 1. The summed E-state index contributed by atoms with van der Waals surface area (Å²) in [5, 5.41) is 0. The number of hydrogen-bond donors (Lipinski definition) is 0. The maximum Gasteiger partial charge on any atom is 0.144 e. The first-order valence-corrected chi connectivity index (χ1v) is 4.47. The minimum atomic E-state index is 0.0175. The fourth-order valence-corrected chi connectivity index (χ4v) is 1.78. The van der Waals surface area contributed by atoms with Gasteiger partial charge in [0.05, 0.1) is 13.0 Å². The fourth-order valence-electron chi connectivity index (χ4n) is 1.78. The molecule has 0 saturated heterocycles. The van der Waals surface area contributed by atoms with E-state index in [9.17, 15) is 4.79 Å². The lowest BCUT2D eigenvalue weighted by molar-refractivity contribution is -0.119. The van der Waals surface area contributed by atoms with Gasteiger partial charge in [-0.25, -0.2) is 0 Å². The highest BCUT2D eigenvalue weighted by Crippen LogP contribution is 2.31. The number of Topliss-reactive ketones (excluding diaryl/α,β-unsaturated/α-hetero) is 1. The van der Waals surface area contributed by atoms with Crippen LogP contribution >= 0.6 is 0 Å². The van der Waals surface area contributed by atoms with Gasteiger partial charge < -0.3 is 4.74 Å². The van der Waals surface area contributed by atoms with Crippen LogP contribution in [-0.4, -0.2) is 12.9 Å². The zero-order valence-electron chi connectivity index (χ0n) is 7.62. The van der Waals surface area contributed by atoms with E-state index >= 15 is 0 Å². The van der Waals surface area contributed by atoms with Gasteiger partial charge in [0.25, 0.3) is 0 Å². The average molecular weight is 176 g/mol. The van der Waals surface area contributed by atoms with Gasteiger partial charge in [-0.3, -0.25) is 4.79 Å². The Morgan fingerprint density at radius 1 is 1.38 bits per heavy atom. The Morgan fingerprint density at radius 2 is 2.23 bits per heavy atom. The largest absolute Gasteiger partial charge is 0.497 e. The lowest BCUT2D eigenvalue weighted by Gasteiger charge is -2.01. The highest BCUT2D eigenvalue weighted by molar-refractivity contribution is 5.89. The molecule has 2 aliphatic rings. The zero-order chi connectivity index (χ0) is 9.26. The Morgan fingerprint density at radius 3 is 3.00 bits per heavy atom. The van der Waals surface area contributed by atoms with Crippen LogP contribution in [0.25, 0.3) is 0 Å². The van der Waals surface area contributed by atoms with E-state index in [1.54, 1.807) is 7.11 Å². The molecular weight excluding hydrogens is 164 g/mol. The van der Waals surface area contributed by atoms with Crippen LogP contribution in [0.1, 0.15) is 12.8 Å². The molecule has 1 atom stereocenters. The Balaban J connectivity index is 2.31. The number of carbonyl (C=O) groups excluding carboxylic acids is 1. The molecule has 0 aliphatic heterocycles. The molecule has 2 nitrogen and oxygen atoms in total. The molecule has 1 unspecified atom stereocenters. The number of ether oxygens (including phenoxy) is 1. The Kier molecular flexibility index (Phi) is 2.05. The summed E-state index contributed by atoms with van der Waals surface area (Å²) < 4.78 is 5.09. The molecule has 2 rings (SSSR count). The van der Waals surface area contributed by atoms with Crippen LogP contribution in [0, 0.1) is 5.92 Å². The predicted molar refractivity (Wildman–Crippen MR) is 50.0 cm³/mol. The van der Waals surface area contributed by atoms with E-state index in [1.165, 1.54) is 5.57 Å². The quantitative estimate of drug-likeness (QED) is 0.610. The van der Waals surface area contributed by atoms with E-state index in [0.717, 1.165) is 12.2 Å². The molecule has 0 bridgehead atoms. The summed E-state index contributed by atoms with van der Waals surface area (Å²) in [6.07, 6.45) is 9.33. The summed E-state index contributed by atoms with van der Waals surface area (Å²) in [6.45, 7) is 0. The Hall–Kier alpha value is -1.31. The highest BCUT2D eigenvalue weighted by atomic mass is 16.5. The average Bonchev–Trinajstić information content (AvgIpc) is 2.38. The molecule has 0 N–H and O–H groups in total. The highest BCUT2D eigenvalue weighted by Gasteiger charge is 2.27. The van der Waals surface area contributed by atoms with Gasteiger partial charge in [-0.2, -0.15) is 0 Å². The smallest absolute Gasteiger partial charge is 0.144 e. The normalized spacial score (nSPS) is 26.2. The van der Waals surface area contributed by atoms with Crippen molar-refractivity contribution in [2.75, 3.05) is 7.11 Å². The number of carbonyl (C=O) groups is 1. The van der Waals surface area contributed by atoms with Crippen LogP contribution in [-0.2, 0) is 9.53 Å². The number of ketones is 1. The fraction of sp³-hybridized carbons (Fsp3) is 0.364. The lowest BCUT2D eigenvalue weighted by atomic mass is 10.0. The van der Waals surface area contributed by atoms with Crippen molar-refractivity contribution in [2.45, 2.75) is 12.8 Å². The summed E-state index contributed by atoms with van der Waals surface area (Å²) >= 11 is 0. The van der Waals surface area contributed by atoms with Crippen molar-refractivity contribution in [3.05, 3.63) is 35.6 Å². The van der Waals surface area contributed by atoms with Gasteiger partial charge >= 0.3 is 0 Å². The van der Waals surface area contributed by atoms with Gasteiger partial charge in [-0.05, 0) is 18.6 Å². The number of allylic oxidation sites excluding steroid dienone is 5. The molecule has 0 aromatic heterocycles. The van der Waals surface area contributed by atoms with E-state index in [0.29, 0.717) is 12.2 Å². The van der Waals surface area contributed by atoms with Crippen molar-refractivity contribution in [1.82, 2.24) is 0 Å². The van der Waals surface area contributed by atoms with Crippen LogP contribution in [0.5, 0.6) is 0 Å². The third-order valence-electron chi connectivity index (χ3n) is 2.56. The van der Waals surface area contributed by atoms with Crippen LogP contribution in [0.15, 0.2) is 35.6 Å². The molecule has 0 amide bonds. The number of rotatable bonds is 1. The molecule has 0 aromatic carbocycles. The standard InChI is InChI=1S/C11H12O2/c1-13-9-4-2-8-3-7-11(12)10(8)6-5-9/h2,4-6,10H,3,7H2,1H3. The molecule has 2 heteroatoms. The van der Waals surface area contributed by atoms with E-state index < -0.39 is 0 Å². The number of methoxy groups -OCH3 is 1. The minimum Gasteiger partial charge on any atom is -0.497 e. The number of hydrogen-bond acceptors (Lipinski definition) is 2. The monoisotopic (exact) mass is 176 g/mol. The van der Waals surface area contributed by atoms with Gasteiger partial charge in [-0.15, -0.1) is 0 Å². The van der Waals surface area contributed by atoms with Crippen molar-refractivity contribution in [3.8, 4) is 0 Å². The van der Waals surface area contributed by atoms with E-state index in [4.69, 9.17) is 4.74 Å². The van der Waals surface area contributed by atoms with Gasteiger partial charge in [0.1, 0.15) is 11.5 Å². The second kappa shape index (κ2) is 3.21. The molecule has 0 heterocycles. The lowest BCUT2D eigenvalue weighted by Crippen LogP contribution is -2.03. The summed E-state index contributed by atoms with van der Waals surface area (Å²) in [7, 11) is 1.64. The Labute approximate surface area is 77.6 Å². The molecule has 1 fully saturated rings. The first-order chi connectivity index (χ1) is 6.31. The third-order valence-corrected chi connectivity index (χ3v) is 2.56. The van der Waals surface area contributed by atoms with Gasteiger partial charge in [-0.1, -0.05) is 17.7 Å². The molecule has 0 aromatic rings. The van der Waals surface area contributed by atoms with Gasteiger partial charge in [0, 0.05) is 6.42 Å². The van der Waals surface area contributed by atoms with Crippen LogP contribution in [0.4, 0.5) is 0 Å². The molecule has 0 radical (unpaired) electrons. The molecule has 68 valence electrons. The van der Waals surface area contributed by atoms with Crippen molar-refractivity contribution < 1.29 is 9.53 Å². The SMILES string of the molecule is COC1=CC=C2CCC(=O)C2C=C1. The second-order valence-electron chi connectivity index (χ2n) is 3.32. The van der Waals surface area contributed by atoms with Crippen molar-refractivity contribution >= 4 is 5.78 Å². The van der Waals surface area contributed by atoms with Crippen LogP contribution in [0.2, 0.25) is 0 Å². The van der Waals surface area contributed by atoms with Gasteiger partial charge in [0.15, 0.2) is 0 Å². The summed E-state index contributed by atoms with van der Waals surface area (Å²) in [6, 6.07) is 0. The first kappa shape index (κ1) is 8.30. The van der Waals surface area contributed by atoms with Gasteiger partial charge in [0.2, 0.25) is 0 Å². The minimum absolute atomic E-state index is 0.0175. The second-order valence-corrected chi connectivity index (χ2v) is 3.32. The van der Waals surface area contributed by atoms with Crippen LogP contribution < -0.4 is 0 Å². The topological polar surface area (TPSA) is 26.3 Å².